The van der Waals surface area contributed by atoms with Crippen molar-refractivity contribution in [1.82, 2.24) is 30.2 Å². The molecule has 3 rings (SSSR count). The number of halogens is 2. The predicted molar refractivity (Wildman–Crippen MR) is 110 cm³/mol. The van der Waals surface area contributed by atoms with Gasteiger partial charge in [0.15, 0.2) is 5.82 Å². The van der Waals surface area contributed by atoms with Crippen LogP contribution in [-0.4, -0.2) is 37.4 Å². The first-order valence-electron chi connectivity index (χ1n) is 9.41. The second kappa shape index (κ2) is 9.37. The SMILES string of the molecule is CCc1nc(C(=O)NCCCc2nc(C(C)C)no2)nn1-c1c(Cl)cccc1Cl. The average Bonchev–Trinajstić information content (AvgIpc) is 3.32. The molecule has 0 bridgehead atoms. The Morgan fingerprint density at radius 1 is 1.24 bits per heavy atom. The maximum atomic E-state index is 12.5. The van der Waals surface area contributed by atoms with E-state index in [1.165, 1.54) is 4.68 Å². The minimum absolute atomic E-state index is 0.0673. The van der Waals surface area contributed by atoms with E-state index in [1.807, 2.05) is 20.8 Å². The van der Waals surface area contributed by atoms with Crippen molar-refractivity contribution in [2.45, 2.75) is 46.0 Å². The number of hydrogen-bond donors (Lipinski definition) is 1. The minimum Gasteiger partial charge on any atom is -0.349 e. The van der Waals surface area contributed by atoms with E-state index in [-0.39, 0.29) is 17.6 Å². The molecule has 0 saturated carbocycles. The van der Waals surface area contributed by atoms with Crippen LogP contribution in [0.5, 0.6) is 0 Å². The van der Waals surface area contributed by atoms with E-state index in [1.54, 1.807) is 18.2 Å². The summed E-state index contributed by atoms with van der Waals surface area (Å²) in [6.07, 6.45) is 1.80. The van der Waals surface area contributed by atoms with Crippen LogP contribution in [0, 0.1) is 0 Å². The highest BCUT2D eigenvalue weighted by Crippen LogP contribution is 2.28. The molecule has 0 fully saturated rings. The fourth-order valence-corrected chi connectivity index (χ4v) is 3.22. The molecule has 0 aliphatic heterocycles. The topological polar surface area (TPSA) is 98.7 Å². The lowest BCUT2D eigenvalue weighted by Crippen LogP contribution is -2.26. The molecule has 8 nitrogen and oxygen atoms in total. The normalized spacial score (nSPS) is 11.2. The molecule has 2 aromatic heterocycles. The third-order valence-electron chi connectivity index (χ3n) is 4.20. The van der Waals surface area contributed by atoms with Crippen molar-refractivity contribution in [1.29, 1.82) is 0 Å². The second-order valence-corrected chi connectivity index (χ2v) is 7.56. The van der Waals surface area contributed by atoms with Gasteiger partial charge in [0.25, 0.3) is 5.91 Å². The summed E-state index contributed by atoms with van der Waals surface area (Å²) in [5.74, 6) is 1.76. The summed E-state index contributed by atoms with van der Waals surface area (Å²) in [7, 11) is 0. The Bertz CT molecular complexity index is 978. The van der Waals surface area contributed by atoms with Crippen LogP contribution < -0.4 is 5.32 Å². The monoisotopic (exact) mass is 436 g/mol. The molecule has 154 valence electrons. The van der Waals surface area contributed by atoms with Crippen molar-refractivity contribution >= 4 is 29.1 Å². The van der Waals surface area contributed by atoms with E-state index in [0.717, 1.165) is 0 Å². The van der Waals surface area contributed by atoms with E-state index < -0.39 is 0 Å². The predicted octanol–water partition coefficient (Wildman–Crippen LogP) is 4.01. The van der Waals surface area contributed by atoms with E-state index in [0.29, 0.717) is 59.1 Å². The Morgan fingerprint density at radius 2 is 1.97 bits per heavy atom. The quantitative estimate of drug-likeness (QED) is 0.535. The molecule has 1 aromatic carbocycles. The van der Waals surface area contributed by atoms with Gasteiger partial charge in [-0.1, -0.05) is 55.2 Å². The Kier molecular flexibility index (Phi) is 6.87. The van der Waals surface area contributed by atoms with Crippen LogP contribution in [0.25, 0.3) is 5.69 Å². The molecule has 0 aliphatic carbocycles. The number of amides is 1. The van der Waals surface area contributed by atoms with Crippen LogP contribution in [0.3, 0.4) is 0 Å². The van der Waals surface area contributed by atoms with E-state index in [4.69, 9.17) is 27.7 Å². The summed E-state index contributed by atoms with van der Waals surface area (Å²) < 4.78 is 6.72. The zero-order chi connectivity index (χ0) is 21.0. The number of benzene rings is 1. The number of carbonyl (C=O) groups is 1. The Morgan fingerprint density at radius 3 is 2.59 bits per heavy atom. The number of rotatable bonds is 8. The first-order chi connectivity index (χ1) is 13.9. The van der Waals surface area contributed by atoms with Crippen LogP contribution in [0.2, 0.25) is 10.0 Å². The van der Waals surface area contributed by atoms with Gasteiger partial charge in [-0.15, -0.1) is 5.10 Å². The summed E-state index contributed by atoms with van der Waals surface area (Å²) >= 11 is 12.5. The molecular formula is C19H22Cl2N6O2. The van der Waals surface area contributed by atoms with Crippen LogP contribution in [0.4, 0.5) is 0 Å². The number of nitrogens with zero attached hydrogens (tertiary/aromatic N) is 5. The van der Waals surface area contributed by atoms with Gasteiger partial charge in [-0.2, -0.15) is 4.98 Å². The summed E-state index contributed by atoms with van der Waals surface area (Å²) in [6.45, 7) is 6.35. The standard InChI is InChI=1S/C19H22Cl2N6O2/c1-4-14-23-18(25-27(14)16-12(20)7-5-8-13(16)21)19(28)22-10-6-9-15-24-17(11(2)3)26-29-15/h5,7-8,11H,4,6,9-10H2,1-3H3,(H,22,28). The highest BCUT2D eigenvalue weighted by Gasteiger charge is 2.19. The second-order valence-electron chi connectivity index (χ2n) is 6.75. The van der Waals surface area contributed by atoms with Gasteiger partial charge in [0.05, 0.1) is 10.0 Å². The molecular weight excluding hydrogens is 415 g/mol. The fraction of sp³-hybridized carbons (Fsp3) is 0.421. The molecule has 0 atom stereocenters. The third kappa shape index (κ3) is 4.94. The van der Waals surface area contributed by atoms with Gasteiger partial charge in [0.1, 0.15) is 11.5 Å². The highest BCUT2D eigenvalue weighted by atomic mass is 35.5. The van der Waals surface area contributed by atoms with Crippen molar-refractivity contribution < 1.29 is 9.32 Å². The van der Waals surface area contributed by atoms with Gasteiger partial charge in [-0.05, 0) is 18.6 Å². The van der Waals surface area contributed by atoms with Gasteiger partial charge < -0.3 is 9.84 Å². The smallest absolute Gasteiger partial charge is 0.290 e. The maximum absolute atomic E-state index is 12.5. The van der Waals surface area contributed by atoms with Gasteiger partial charge in [0.2, 0.25) is 11.7 Å². The number of nitrogens with one attached hydrogen (secondary N) is 1. The molecule has 0 spiro atoms. The third-order valence-corrected chi connectivity index (χ3v) is 4.81. The summed E-state index contributed by atoms with van der Waals surface area (Å²) in [4.78, 5) is 21.1. The number of carbonyl (C=O) groups excluding carboxylic acids is 1. The summed E-state index contributed by atoms with van der Waals surface area (Å²) in [5.41, 5.74) is 0.511. The number of hydrogen-bond acceptors (Lipinski definition) is 6. The van der Waals surface area contributed by atoms with Crippen LogP contribution in [0.1, 0.15) is 61.3 Å². The van der Waals surface area contributed by atoms with Gasteiger partial charge in [-0.3, -0.25) is 4.79 Å². The molecule has 1 amide bonds. The molecule has 0 radical (unpaired) electrons. The minimum atomic E-state index is -0.366. The largest absolute Gasteiger partial charge is 0.349 e. The lowest BCUT2D eigenvalue weighted by molar-refractivity contribution is 0.0942. The Labute approximate surface area is 178 Å². The number of aryl methyl sites for hydroxylation is 2. The van der Waals surface area contributed by atoms with Gasteiger partial charge >= 0.3 is 0 Å². The summed E-state index contributed by atoms with van der Waals surface area (Å²) in [5, 5.41) is 11.9. The van der Waals surface area contributed by atoms with E-state index in [9.17, 15) is 4.79 Å². The Hall–Kier alpha value is -2.45. The molecule has 1 N–H and O–H groups in total. The van der Waals surface area contributed by atoms with Gasteiger partial charge in [-0.25, -0.2) is 9.67 Å². The molecule has 10 heteroatoms. The molecule has 3 aromatic rings. The Balaban J connectivity index is 1.63. The van der Waals surface area contributed by atoms with Crippen LogP contribution in [0.15, 0.2) is 22.7 Å². The highest BCUT2D eigenvalue weighted by molar-refractivity contribution is 6.37. The molecule has 0 aliphatic rings. The van der Waals surface area contributed by atoms with Crippen LogP contribution >= 0.6 is 23.2 Å². The number of para-hydroxylation sites is 1. The lowest BCUT2D eigenvalue weighted by Gasteiger charge is -2.08. The van der Waals surface area contributed by atoms with Crippen molar-refractivity contribution in [3.05, 3.63) is 51.6 Å². The van der Waals surface area contributed by atoms with Crippen molar-refractivity contribution in [3.63, 3.8) is 0 Å². The van der Waals surface area contributed by atoms with Crippen molar-refractivity contribution in [2.75, 3.05) is 6.54 Å². The molecule has 0 unspecified atom stereocenters. The molecule has 2 heterocycles. The van der Waals surface area contributed by atoms with Crippen molar-refractivity contribution in [3.8, 4) is 5.69 Å². The maximum Gasteiger partial charge on any atom is 0.290 e. The molecule has 29 heavy (non-hydrogen) atoms. The fourth-order valence-electron chi connectivity index (χ4n) is 2.66. The first kappa shape index (κ1) is 21.3. The zero-order valence-corrected chi connectivity index (χ0v) is 18.0. The van der Waals surface area contributed by atoms with Crippen LogP contribution in [-0.2, 0) is 12.8 Å². The van der Waals surface area contributed by atoms with Crippen molar-refractivity contribution in [2.24, 2.45) is 0 Å². The number of aromatic nitrogens is 5. The first-order valence-corrected chi connectivity index (χ1v) is 10.2. The van der Waals surface area contributed by atoms with E-state index in [2.05, 4.69) is 25.5 Å². The zero-order valence-electron chi connectivity index (χ0n) is 16.4. The van der Waals surface area contributed by atoms with E-state index >= 15 is 0 Å². The average molecular weight is 437 g/mol. The summed E-state index contributed by atoms with van der Waals surface area (Å²) in [6, 6.07) is 5.18. The lowest BCUT2D eigenvalue weighted by atomic mass is 10.2. The van der Waals surface area contributed by atoms with Gasteiger partial charge in [0, 0.05) is 25.3 Å². The molecule has 0 saturated heterocycles.